The van der Waals surface area contributed by atoms with Gasteiger partial charge < -0.3 is 10.1 Å². The Hall–Kier alpha value is -3.47. The van der Waals surface area contributed by atoms with Crippen molar-refractivity contribution in [2.75, 3.05) is 12.4 Å². The van der Waals surface area contributed by atoms with Gasteiger partial charge in [-0.15, -0.1) is 0 Å². The molecular weight excluding hydrogens is 352 g/mol. The summed E-state index contributed by atoms with van der Waals surface area (Å²) in [6.45, 7) is 0. The van der Waals surface area contributed by atoms with Crippen LogP contribution in [0.5, 0.6) is 5.75 Å². The molecule has 0 aliphatic heterocycles. The van der Waals surface area contributed by atoms with Crippen LogP contribution in [0.1, 0.15) is 39.1 Å². The number of Topliss-reactive ketones (excluding diaryl/α,β-unsaturated/α-hetero) is 1. The summed E-state index contributed by atoms with van der Waals surface area (Å²) in [6.07, 6.45) is 5.06. The highest BCUT2D eigenvalue weighted by atomic mass is 16.5. The predicted molar refractivity (Wildman–Crippen MR) is 109 cm³/mol. The third-order valence-electron chi connectivity index (χ3n) is 4.43. The number of pyridine rings is 1. The number of ketones is 1. The molecule has 0 bridgehead atoms. The number of methoxy groups -OCH3 is 1. The molecule has 28 heavy (non-hydrogen) atoms. The average Bonchev–Trinajstić information content (AvgIpc) is 2.75. The van der Waals surface area contributed by atoms with E-state index in [9.17, 15) is 9.59 Å². The monoisotopic (exact) mass is 374 g/mol. The maximum absolute atomic E-state index is 12.7. The lowest BCUT2D eigenvalue weighted by molar-refractivity contribution is 0.0981. The zero-order valence-electron chi connectivity index (χ0n) is 15.7. The minimum absolute atomic E-state index is 0.0108. The van der Waals surface area contributed by atoms with Gasteiger partial charge in [0.1, 0.15) is 5.75 Å². The fraction of sp³-hybridized carbons (Fsp3) is 0.174. The minimum atomic E-state index is -0.297. The highest BCUT2D eigenvalue weighted by Crippen LogP contribution is 2.19. The predicted octanol–water partition coefficient (Wildman–Crippen LogP) is 4.55. The molecule has 0 saturated heterocycles. The molecule has 0 atom stereocenters. The zero-order chi connectivity index (χ0) is 19.8. The first-order valence-electron chi connectivity index (χ1n) is 9.14. The number of carbonyl (C=O) groups is 2. The van der Waals surface area contributed by atoms with Crippen molar-refractivity contribution in [3.8, 4) is 5.75 Å². The van der Waals surface area contributed by atoms with Gasteiger partial charge in [0.25, 0.3) is 5.91 Å². The number of ether oxygens (including phenoxy) is 1. The number of carbonyl (C=O) groups excluding carboxylic acids is 2. The maximum Gasteiger partial charge on any atom is 0.255 e. The Morgan fingerprint density at radius 3 is 2.46 bits per heavy atom. The van der Waals surface area contributed by atoms with Crippen LogP contribution in [-0.4, -0.2) is 23.8 Å². The summed E-state index contributed by atoms with van der Waals surface area (Å²) in [4.78, 5) is 29.2. The molecule has 0 aliphatic rings. The molecule has 1 N–H and O–H groups in total. The second-order valence-electron chi connectivity index (χ2n) is 6.37. The number of anilines is 1. The van der Waals surface area contributed by atoms with Gasteiger partial charge in [0.15, 0.2) is 5.78 Å². The van der Waals surface area contributed by atoms with Crippen molar-refractivity contribution in [2.45, 2.75) is 19.3 Å². The van der Waals surface area contributed by atoms with E-state index in [1.165, 1.54) is 11.8 Å². The first-order chi connectivity index (χ1) is 13.7. The maximum atomic E-state index is 12.7. The number of nitrogens with zero attached hydrogens (tertiary/aromatic N) is 1. The van der Waals surface area contributed by atoms with Crippen LogP contribution in [0.15, 0.2) is 73.1 Å². The fourth-order valence-corrected chi connectivity index (χ4v) is 2.91. The number of benzene rings is 2. The van der Waals surface area contributed by atoms with Crippen molar-refractivity contribution in [3.05, 3.63) is 89.7 Å². The Kier molecular flexibility index (Phi) is 6.52. The van der Waals surface area contributed by atoms with Gasteiger partial charge in [-0.2, -0.15) is 0 Å². The van der Waals surface area contributed by atoms with Crippen LogP contribution in [0.2, 0.25) is 0 Å². The molecule has 2 aromatic carbocycles. The number of hydrogen-bond acceptors (Lipinski definition) is 4. The highest BCUT2D eigenvalue weighted by molar-refractivity contribution is 6.09. The van der Waals surface area contributed by atoms with E-state index in [4.69, 9.17) is 4.74 Å². The fourth-order valence-electron chi connectivity index (χ4n) is 2.91. The van der Waals surface area contributed by atoms with E-state index in [1.807, 2.05) is 18.2 Å². The van der Waals surface area contributed by atoms with Gasteiger partial charge in [-0.25, -0.2) is 0 Å². The summed E-state index contributed by atoms with van der Waals surface area (Å²) in [5.74, 6) is 0.365. The summed E-state index contributed by atoms with van der Waals surface area (Å²) >= 11 is 0. The summed E-state index contributed by atoms with van der Waals surface area (Å²) in [7, 11) is 1.57. The van der Waals surface area contributed by atoms with E-state index < -0.39 is 0 Å². The molecule has 0 radical (unpaired) electrons. The lowest BCUT2D eigenvalue weighted by atomic mass is 10.0. The summed E-state index contributed by atoms with van der Waals surface area (Å²) in [5, 5.41) is 2.79. The van der Waals surface area contributed by atoms with Crippen molar-refractivity contribution in [1.29, 1.82) is 0 Å². The van der Waals surface area contributed by atoms with Crippen LogP contribution in [0, 0.1) is 0 Å². The van der Waals surface area contributed by atoms with E-state index in [0.29, 0.717) is 29.0 Å². The summed E-state index contributed by atoms with van der Waals surface area (Å²) < 4.78 is 5.10. The van der Waals surface area contributed by atoms with Crippen molar-refractivity contribution >= 4 is 17.4 Å². The number of rotatable bonds is 8. The molecule has 1 amide bonds. The van der Waals surface area contributed by atoms with Crippen molar-refractivity contribution in [1.82, 2.24) is 4.98 Å². The first kappa shape index (κ1) is 19.3. The third kappa shape index (κ3) is 5.04. The van der Waals surface area contributed by atoms with E-state index in [0.717, 1.165) is 12.8 Å². The molecule has 0 saturated carbocycles. The topological polar surface area (TPSA) is 68.3 Å². The van der Waals surface area contributed by atoms with Gasteiger partial charge in [0.05, 0.1) is 19.0 Å². The van der Waals surface area contributed by atoms with Gasteiger partial charge >= 0.3 is 0 Å². The molecule has 0 fully saturated rings. The highest BCUT2D eigenvalue weighted by Gasteiger charge is 2.14. The molecule has 0 spiro atoms. The van der Waals surface area contributed by atoms with Crippen LogP contribution in [0.3, 0.4) is 0 Å². The number of aryl methyl sites for hydroxylation is 1. The summed E-state index contributed by atoms with van der Waals surface area (Å²) in [6, 6.07) is 18.5. The molecule has 1 heterocycles. The molecular formula is C23H22N2O3. The van der Waals surface area contributed by atoms with E-state index >= 15 is 0 Å². The Balaban J connectivity index is 1.64. The third-order valence-corrected chi connectivity index (χ3v) is 4.43. The molecule has 5 nitrogen and oxygen atoms in total. The lowest BCUT2D eigenvalue weighted by Crippen LogP contribution is -2.15. The number of aromatic nitrogens is 1. The van der Waals surface area contributed by atoms with Gasteiger partial charge in [0, 0.05) is 23.7 Å². The largest absolute Gasteiger partial charge is 0.497 e. The molecule has 3 aromatic rings. The SMILES string of the molecule is COc1ccc(C(=O)Nc2cnccc2C(=O)CCCc2ccccc2)cc1. The molecule has 1 aromatic heterocycles. The normalized spacial score (nSPS) is 10.3. The Morgan fingerprint density at radius 2 is 1.75 bits per heavy atom. The van der Waals surface area contributed by atoms with Crippen molar-refractivity contribution in [3.63, 3.8) is 0 Å². The van der Waals surface area contributed by atoms with Crippen molar-refractivity contribution in [2.24, 2.45) is 0 Å². The lowest BCUT2D eigenvalue weighted by Gasteiger charge is -2.10. The summed E-state index contributed by atoms with van der Waals surface area (Å²) in [5.41, 5.74) is 2.59. The van der Waals surface area contributed by atoms with Crippen molar-refractivity contribution < 1.29 is 14.3 Å². The quantitative estimate of drug-likeness (QED) is 0.588. The second-order valence-corrected chi connectivity index (χ2v) is 6.37. The zero-order valence-corrected chi connectivity index (χ0v) is 15.7. The Morgan fingerprint density at radius 1 is 1.00 bits per heavy atom. The van der Waals surface area contributed by atoms with Crippen LogP contribution < -0.4 is 10.1 Å². The number of hydrogen-bond donors (Lipinski definition) is 1. The van der Waals surface area contributed by atoms with E-state index in [2.05, 4.69) is 22.4 Å². The van der Waals surface area contributed by atoms with Crippen LogP contribution in [0.25, 0.3) is 0 Å². The second kappa shape index (κ2) is 9.46. The average molecular weight is 374 g/mol. The molecule has 5 heteroatoms. The van der Waals surface area contributed by atoms with Crippen LogP contribution in [0.4, 0.5) is 5.69 Å². The minimum Gasteiger partial charge on any atom is -0.497 e. The molecule has 0 unspecified atom stereocenters. The van der Waals surface area contributed by atoms with Crippen LogP contribution in [-0.2, 0) is 6.42 Å². The number of nitrogens with one attached hydrogen (secondary N) is 1. The smallest absolute Gasteiger partial charge is 0.255 e. The van der Waals surface area contributed by atoms with Gasteiger partial charge in [-0.3, -0.25) is 14.6 Å². The van der Waals surface area contributed by atoms with E-state index in [1.54, 1.807) is 43.6 Å². The van der Waals surface area contributed by atoms with Gasteiger partial charge in [-0.1, -0.05) is 30.3 Å². The standard InChI is InChI=1S/C23H22N2O3/c1-28-19-12-10-18(11-13-19)23(27)25-21-16-24-15-14-20(21)22(26)9-5-8-17-6-3-2-4-7-17/h2-4,6-7,10-16H,5,8-9H2,1H3,(H,25,27). The van der Waals surface area contributed by atoms with E-state index in [-0.39, 0.29) is 11.7 Å². The Bertz CT molecular complexity index is 938. The van der Waals surface area contributed by atoms with Crippen LogP contribution >= 0.6 is 0 Å². The van der Waals surface area contributed by atoms with Gasteiger partial charge in [0.2, 0.25) is 0 Å². The molecule has 0 aliphatic carbocycles. The Labute approximate surface area is 164 Å². The molecule has 3 rings (SSSR count). The van der Waals surface area contributed by atoms with Gasteiger partial charge in [-0.05, 0) is 48.7 Å². The first-order valence-corrected chi connectivity index (χ1v) is 9.14. The number of amides is 1. The molecule has 142 valence electrons.